The maximum absolute atomic E-state index is 11.0. The van der Waals surface area contributed by atoms with Gasteiger partial charge in [0.15, 0.2) is 0 Å². The molecule has 1 saturated carbocycles. The zero-order chi connectivity index (χ0) is 12.0. The monoisotopic (exact) mass is 229 g/mol. The van der Waals surface area contributed by atoms with E-state index in [1.807, 2.05) is 5.32 Å². The van der Waals surface area contributed by atoms with Crippen molar-refractivity contribution in [3.05, 3.63) is 0 Å². The number of hydrogen-bond donors (Lipinski definition) is 4. The highest BCUT2D eigenvalue weighted by molar-refractivity contribution is 5.94. The molecule has 16 heavy (non-hydrogen) atoms. The number of aliphatic hydroxyl groups is 1. The number of urea groups is 1. The van der Waals surface area contributed by atoms with Crippen LogP contribution in [0.5, 0.6) is 0 Å². The van der Waals surface area contributed by atoms with Gasteiger partial charge in [0.1, 0.15) is 0 Å². The van der Waals surface area contributed by atoms with Crippen molar-refractivity contribution < 1.29 is 14.7 Å². The second-order valence-corrected chi connectivity index (χ2v) is 4.16. The number of hydrogen-bond acceptors (Lipinski definition) is 4. The summed E-state index contributed by atoms with van der Waals surface area (Å²) in [6.07, 6.45) is 3.72. The third kappa shape index (κ3) is 4.59. The molecule has 2 atom stereocenters. The van der Waals surface area contributed by atoms with Crippen molar-refractivity contribution in [2.45, 2.75) is 31.8 Å². The van der Waals surface area contributed by atoms with E-state index in [9.17, 15) is 14.7 Å². The second kappa shape index (κ2) is 6.44. The number of nitrogens with two attached hydrogens (primary N) is 1. The van der Waals surface area contributed by atoms with Crippen LogP contribution in [0, 0.1) is 5.92 Å². The van der Waals surface area contributed by atoms with Gasteiger partial charge in [0.25, 0.3) is 0 Å². The van der Waals surface area contributed by atoms with Crippen LogP contribution < -0.4 is 16.4 Å². The zero-order valence-electron chi connectivity index (χ0n) is 9.24. The van der Waals surface area contributed by atoms with Gasteiger partial charge in [-0.15, -0.1) is 0 Å². The van der Waals surface area contributed by atoms with E-state index in [0.29, 0.717) is 6.54 Å². The predicted molar refractivity (Wildman–Crippen MR) is 58.6 cm³/mol. The van der Waals surface area contributed by atoms with Gasteiger partial charge in [0, 0.05) is 6.54 Å². The molecule has 0 spiro atoms. The average molecular weight is 229 g/mol. The van der Waals surface area contributed by atoms with Gasteiger partial charge in [-0.3, -0.25) is 10.1 Å². The summed E-state index contributed by atoms with van der Waals surface area (Å²) in [6, 6.07) is -0.843. The van der Waals surface area contributed by atoms with E-state index in [1.54, 1.807) is 0 Å². The van der Waals surface area contributed by atoms with E-state index >= 15 is 0 Å². The molecule has 92 valence electrons. The van der Waals surface area contributed by atoms with E-state index in [4.69, 9.17) is 5.73 Å². The molecule has 0 heterocycles. The number of primary amides is 1. The molecule has 0 aromatic heterocycles. The SMILES string of the molecule is NC(=O)NC(=O)CNCC1CCCCC1O. The Morgan fingerprint density at radius 3 is 2.62 bits per heavy atom. The Hall–Kier alpha value is -1.14. The molecule has 1 fully saturated rings. The zero-order valence-corrected chi connectivity index (χ0v) is 9.24. The first-order valence-electron chi connectivity index (χ1n) is 5.57. The molecule has 1 rings (SSSR count). The molecule has 0 aromatic rings. The van der Waals surface area contributed by atoms with Gasteiger partial charge in [-0.25, -0.2) is 4.79 Å². The van der Waals surface area contributed by atoms with E-state index in [2.05, 4.69) is 5.32 Å². The number of nitrogens with one attached hydrogen (secondary N) is 2. The Morgan fingerprint density at radius 2 is 2.00 bits per heavy atom. The molecule has 0 saturated heterocycles. The van der Waals surface area contributed by atoms with E-state index in [0.717, 1.165) is 25.7 Å². The fraction of sp³-hybridized carbons (Fsp3) is 0.800. The summed E-state index contributed by atoms with van der Waals surface area (Å²) in [6.45, 7) is 0.638. The molecular formula is C10H19N3O3. The largest absolute Gasteiger partial charge is 0.393 e. The highest BCUT2D eigenvalue weighted by Crippen LogP contribution is 2.23. The van der Waals surface area contributed by atoms with Crippen molar-refractivity contribution in [1.82, 2.24) is 10.6 Å². The Morgan fingerprint density at radius 1 is 1.31 bits per heavy atom. The van der Waals surface area contributed by atoms with Crippen LogP contribution in [0.15, 0.2) is 0 Å². The Bertz CT molecular complexity index is 258. The topological polar surface area (TPSA) is 104 Å². The molecule has 3 amide bonds. The average Bonchev–Trinajstić information content (AvgIpc) is 2.19. The summed E-state index contributed by atoms with van der Waals surface area (Å²) < 4.78 is 0. The molecule has 1 aliphatic carbocycles. The van der Waals surface area contributed by atoms with E-state index < -0.39 is 11.9 Å². The first-order valence-corrected chi connectivity index (χ1v) is 5.57. The van der Waals surface area contributed by atoms with Crippen LogP contribution in [-0.4, -0.2) is 36.2 Å². The molecule has 1 aliphatic rings. The van der Waals surface area contributed by atoms with Crippen molar-refractivity contribution in [2.75, 3.05) is 13.1 Å². The fourth-order valence-corrected chi connectivity index (χ4v) is 1.98. The minimum atomic E-state index is -0.843. The number of amides is 3. The van der Waals surface area contributed by atoms with Crippen molar-refractivity contribution in [3.63, 3.8) is 0 Å². The third-order valence-corrected chi connectivity index (χ3v) is 2.82. The van der Waals surface area contributed by atoms with Gasteiger partial charge in [-0.2, -0.15) is 0 Å². The Balaban J connectivity index is 2.14. The molecule has 0 aromatic carbocycles. The van der Waals surface area contributed by atoms with Crippen LogP contribution >= 0.6 is 0 Å². The Kier molecular flexibility index (Phi) is 5.21. The number of carbonyl (C=O) groups is 2. The number of imide groups is 1. The van der Waals surface area contributed by atoms with Gasteiger partial charge < -0.3 is 16.2 Å². The third-order valence-electron chi connectivity index (χ3n) is 2.82. The lowest BCUT2D eigenvalue weighted by atomic mass is 9.86. The maximum Gasteiger partial charge on any atom is 0.318 e. The second-order valence-electron chi connectivity index (χ2n) is 4.16. The summed E-state index contributed by atoms with van der Waals surface area (Å²) in [5.41, 5.74) is 4.79. The highest BCUT2D eigenvalue weighted by atomic mass is 16.3. The van der Waals surface area contributed by atoms with Crippen LogP contribution in [0.3, 0.4) is 0 Å². The van der Waals surface area contributed by atoms with Crippen LogP contribution in [0.1, 0.15) is 25.7 Å². The van der Waals surface area contributed by atoms with Crippen molar-refractivity contribution in [1.29, 1.82) is 0 Å². The van der Waals surface area contributed by atoms with Gasteiger partial charge in [-0.05, 0) is 18.8 Å². The summed E-state index contributed by atoms with van der Waals surface area (Å²) in [4.78, 5) is 21.4. The minimum absolute atomic E-state index is 0.0478. The quantitative estimate of drug-likeness (QED) is 0.512. The lowest BCUT2D eigenvalue weighted by Crippen LogP contribution is -2.43. The van der Waals surface area contributed by atoms with E-state index in [-0.39, 0.29) is 18.6 Å². The van der Waals surface area contributed by atoms with E-state index in [1.165, 1.54) is 0 Å². The summed E-state index contributed by atoms with van der Waals surface area (Å²) in [5, 5.41) is 14.5. The molecule has 6 heteroatoms. The number of carbonyl (C=O) groups excluding carboxylic acids is 2. The number of aliphatic hydroxyl groups excluding tert-OH is 1. The van der Waals surface area contributed by atoms with Crippen LogP contribution in [-0.2, 0) is 4.79 Å². The first kappa shape index (κ1) is 12.9. The standard InChI is InChI=1S/C10H19N3O3/c11-10(16)13-9(15)6-12-5-7-3-1-2-4-8(7)14/h7-8,12,14H,1-6H2,(H3,11,13,15,16). The molecule has 0 bridgehead atoms. The predicted octanol–water partition coefficient (Wildman–Crippen LogP) is -0.678. The fourth-order valence-electron chi connectivity index (χ4n) is 1.98. The smallest absolute Gasteiger partial charge is 0.318 e. The molecule has 0 aliphatic heterocycles. The van der Waals surface area contributed by atoms with Crippen LogP contribution in [0.25, 0.3) is 0 Å². The highest BCUT2D eigenvalue weighted by Gasteiger charge is 2.22. The molecule has 0 radical (unpaired) electrons. The summed E-state index contributed by atoms with van der Waals surface area (Å²) in [7, 11) is 0. The van der Waals surface area contributed by atoms with Gasteiger partial charge in [0.05, 0.1) is 12.6 Å². The number of rotatable bonds is 4. The van der Waals surface area contributed by atoms with Crippen LogP contribution in [0.2, 0.25) is 0 Å². The summed E-state index contributed by atoms with van der Waals surface area (Å²) >= 11 is 0. The van der Waals surface area contributed by atoms with Crippen molar-refractivity contribution in [3.8, 4) is 0 Å². The normalized spacial score (nSPS) is 25.1. The molecule has 2 unspecified atom stereocenters. The van der Waals surface area contributed by atoms with Gasteiger partial charge >= 0.3 is 6.03 Å². The molecule has 5 N–H and O–H groups in total. The first-order chi connectivity index (χ1) is 7.59. The van der Waals surface area contributed by atoms with Gasteiger partial charge in [-0.1, -0.05) is 12.8 Å². The minimum Gasteiger partial charge on any atom is -0.393 e. The maximum atomic E-state index is 11.0. The lowest BCUT2D eigenvalue weighted by molar-refractivity contribution is -0.119. The Labute approximate surface area is 94.6 Å². The van der Waals surface area contributed by atoms with Crippen molar-refractivity contribution >= 4 is 11.9 Å². The molecule has 6 nitrogen and oxygen atoms in total. The lowest BCUT2D eigenvalue weighted by Gasteiger charge is -2.27. The molecular weight excluding hydrogens is 210 g/mol. The van der Waals surface area contributed by atoms with Crippen molar-refractivity contribution in [2.24, 2.45) is 11.7 Å². The van der Waals surface area contributed by atoms with Gasteiger partial charge in [0.2, 0.25) is 5.91 Å². The van der Waals surface area contributed by atoms with Crippen LogP contribution in [0.4, 0.5) is 4.79 Å². The summed E-state index contributed by atoms with van der Waals surface area (Å²) in [5.74, 6) is -0.243.